The Morgan fingerprint density at radius 3 is 1.21 bits per heavy atom. The first-order chi connectivity index (χ1) is 33.2. The average molecular weight is 1120 g/mol. The second-order valence-corrected chi connectivity index (χ2v) is 21.7. The Bertz CT molecular complexity index is 2890. The van der Waals surface area contributed by atoms with E-state index in [0.717, 1.165) is 66.6 Å². The van der Waals surface area contributed by atoms with Crippen molar-refractivity contribution < 1.29 is 36.4 Å². The maximum absolute atomic E-state index is 15.2. The van der Waals surface area contributed by atoms with Gasteiger partial charge >= 0.3 is 22.4 Å². The third kappa shape index (κ3) is 11.8. The molecule has 1 aromatic heterocycles. The molecule has 0 bridgehead atoms. The zero-order chi connectivity index (χ0) is 48.6. The number of aromatic nitrogens is 1. The second kappa shape index (κ2) is 22.4. The second-order valence-electron chi connectivity index (χ2n) is 18.9. The molecule has 0 saturated carbocycles. The minimum absolute atomic E-state index is 0. The van der Waals surface area contributed by atoms with Crippen LogP contribution in [0.2, 0.25) is 0 Å². The van der Waals surface area contributed by atoms with Crippen LogP contribution in [0.25, 0.3) is 33.6 Å². The van der Waals surface area contributed by atoms with Crippen LogP contribution in [0.5, 0.6) is 11.5 Å². The van der Waals surface area contributed by atoms with Crippen molar-refractivity contribution in [3.63, 3.8) is 0 Å². The van der Waals surface area contributed by atoms with Gasteiger partial charge in [-0.15, -0.1) is 82.9 Å². The normalized spacial score (nSPS) is 11.4. The van der Waals surface area contributed by atoms with E-state index in [2.05, 4.69) is 186 Å². The first-order valence-electron chi connectivity index (χ1n) is 23.2. The Hall–Kier alpha value is -6.72. The molecule has 9 rings (SSSR count). The van der Waals surface area contributed by atoms with E-state index >= 15 is 4.57 Å². The van der Waals surface area contributed by atoms with Gasteiger partial charge in [0.1, 0.15) is 11.5 Å². The van der Waals surface area contributed by atoms with Crippen molar-refractivity contribution in [1.29, 1.82) is 0 Å². The van der Waals surface area contributed by atoms with E-state index in [-0.39, 0.29) is 33.2 Å². The van der Waals surface area contributed by atoms with Crippen LogP contribution in [0.1, 0.15) is 52.7 Å². The van der Waals surface area contributed by atoms with Gasteiger partial charge in [0.05, 0.1) is 14.2 Å². The quantitative estimate of drug-likeness (QED) is 0.0734. The molecule has 0 saturated heterocycles. The van der Waals surface area contributed by atoms with E-state index in [1.54, 1.807) is 14.2 Å². The molecule has 1 heterocycles. The van der Waals surface area contributed by atoms with Crippen LogP contribution < -0.4 is 30.3 Å². The topological polar surface area (TPSA) is 51.7 Å². The molecule has 0 N–H and O–H groups in total. The van der Waals surface area contributed by atoms with E-state index in [0.29, 0.717) is 11.5 Å². The van der Waals surface area contributed by atoms with E-state index in [4.69, 9.17) is 14.5 Å². The van der Waals surface area contributed by atoms with Crippen LogP contribution in [0, 0.1) is 18.2 Å². The fourth-order valence-electron chi connectivity index (χ4n) is 8.10. The summed E-state index contributed by atoms with van der Waals surface area (Å²) in [6, 6.07) is 78.8. The zero-order valence-electron chi connectivity index (χ0n) is 41.0. The summed E-state index contributed by atoms with van der Waals surface area (Å²) in [6.07, 6.45) is 0. The summed E-state index contributed by atoms with van der Waals surface area (Å²) in [5.74, 6) is 1.43. The molecule has 0 fully saturated rings. The van der Waals surface area contributed by atoms with Crippen LogP contribution >= 0.6 is 7.14 Å². The summed E-state index contributed by atoms with van der Waals surface area (Å²) >= 11 is 0. The first-order valence-corrected chi connectivity index (χ1v) is 24.9. The van der Waals surface area contributed by atoms with Crippen molar-refractivity contribution in [2.24, 2.45) is 0 Å². The molecule has 354 valence electrons. The average Bonchev–Trinajstić information content (AvgIpc) is 3.39. The maximum atomic E-state index is 15.2. The van der Waals surface area contributed by atoms with Gasteiger partial charge in [0.2, 0.25) is 0 Å². The minimum atomic E-state index is -3.23. The van der Waals surface area contributed by atoms with Crippen molar-refractivity contribution in [3.05, 3.63) is 236 Å². The van der Waals surface area contributed by atoms with Gasteiger partial charge in [-0.3, -0.25) is 0 Å². The van der Waals surface area contributed by atoms with E-state index < -0.39 is 7.14 Å². The summed E-state index contributed by atoms with van der Waals surface area (Å²) in [7, 11) is 0.0253. The fourth-order valence-corrected chi connectivity index (χ4v) is 10.7. The zero-order valence-corrected chi connectivity index (χ0v) is 44.1. The summed E-state index contributed by atoms with van der Waals surface area (Å²) in [4.78, 5) is 7.35. The SMILES string of the molecule is COc1ccc(P(=O)(c2ccc(OC)cc2)c2ccc(-c3cc(-c4[c-]cc(C(C)(C)C)cc4)nc(-c4[c-]cc(C(C)(C)C)cc4)c3)cc2)cc1.[Au+3].[c-]1ccc(N(c2ccccc2)c2ccccc2)cc1. The third-order valence-corrected chi connectivity index (χ3v) is 15.2. The van der Waals surface area contributed by atoms with Crippen molar-refractivity contribution in [2.45, 2.75) is 52.4 Å². The number of hydrogen-bond donors (Lipinski definition) is 0. The van der Waals surface area contributed by atoms with Crippen LogP contribution in [0.4, 0.5) is 17.1 Å². The molecule has 0 aliphatic carbocycles. The molecule has 70 heavy (non-hydrogen) atoms. The monoisotopic (exact) mass is 1120 g/mol. The van der Waals surface area contributed by atoms with Gasteiger partial charge in [-0.2, -0.15) is 18.2 Å². The number of para-hydroxylation sites is 2. The molecular formula is C63H58AuN2O3P. The van der Waals surface area contributed by atoms with Crippen molar-refractivity contribution in [2.75, 3.05) is 19.1 Å². The van der Waals surface area contributed by atoms with Gasteiger partial charge in [-0.25, -0.2) is 0 Å². The fraction of sp³-hybridized carbons (Fsp3) is 0.159. The Morgan fingerprint density at radius 1 is 0.471 bits per heavy atom. The largest absolute Gasteiger partial charge is 3.00 e. The smallest absolute Gasteiger partial charge is 0.497 e. The van der Waals surface area contributed by atoms with Gasteiger partial charge < -0.3 is 23.9 Å². The number of pyridine rings is 1. The van der Waals surface area contributed by atoms with Gasteiger partial charge in [-0.05, 0) is 106 Å². The Morgan fingerprint density at radius 2 is 0.857 bits per heavy atom. The third-order valence-electron chi connectivity index (χ3n) is 12.2. The summed E-state index contributed by atoms with van der Waals surface area (Å²) in [5.41, 5.74) is 11.4. The number of nitrogens with zero attached hydrogens (tertiary/aromatic N) is 2. The van der Waals surface area contributed by atoms with Gasteiger partial charge in [0.25, 0.3) is 0 Å². The van der Waals surface area contributed by atoms with Crippen LogP contribution in [0.3, 0.4) is 0 Å². The minimum Gasteiger partial charge on any atom is -0.497 e. The molecule has 0 radical (unpaired) electrons. The maximum Gasteiger partial charge on any atom is 3.00 e. The Kier molecular flexibility index (Phi) is 16.3. The molecule has 0 atom stereocenters. The number of methoxy groups -OCH3 is 2. The van der Waals surface area contributed by atoms with Crippen LogP contribution in [-0.4, -0.2) is 19.2 Å². The number of benzene rings is 8. The Balaban J connectivity index is 0.000000300. The predicted molar refractivity (Wildman–Crippen MR) is 288 cm³/mol. The summed E-state index contributed by atoms with van der Waals surface area (Å²) < 4.78 is 26.0. The first kappa shape index (κ1) is 51.1. The molecule has 9 aromatic rings. The molecule has 0 aliphatic heterocycles. The van der Waals surface area contributed by atoms with Gasteiger partial charge in [0, 0.05) is 27.3 Å². The standard InChI is InChI=1S/C45H44NO3P.C18H14N.Au/c1-44(2,3)35-15-9-32(10-16-35)42-29-34(30-43(46-42)33-11-17-36(18-12-33)45(4,5)6)31-13-23-39(24-14-31)50(47,40-25-19-37(48-7)20-26-40)41-27-21-38(49-8)22-28-41;1-4-10-16(11-5-1)19(17-12-6-2-7-13-17)18-14-8-3-9-15-18;/h9,11,13-30H,1-8H3;1-2,4-15H;/q-2;-1;+3. The molecule has 0 amide bonds. The molecule has 0 spiro atoms. The van der Waals surface area contributed by atoms with Crippen LogP contribution in [-0.2, 0) is 37.8 Å². The van der Waals surface area contributed by atoms with Crippen molar-refractivity contribution in [1.82, 2.24) is 4.98 Å². The molecule has 8 aromatic carbocycles. The number of ether oxygens (including phenoxy) is 2. The summed E-state index contributed by atoms with van der Waals surface area (Å²) in [5, 5.41) is 2.20. The predicted octanol–water partition coefficient (Wildman–Crippen LogP) is 14.9. The summed E-state index contributed by atoms with van der Waals surface area (Å²) in [6.45, 7) is 13.2. The number of anilines is 3. The van der Waals surface area contributed by atoms with E-state index in [9.17, 15) is 0 Å². The Labute approximate surface area is 431 Å². The van der Waals surface area contributed by atoms with Crippen molar-refractivity contribution in [3.8, 4) is 45.1 Å². The number of rotatable bonds is 11. The molecule has 7 heteroatoms. The van der Waals surface area contributed by atoms with Gasteiger partial charge in [0.15, 0.2) is 7.14 Å². The van der Waals surface area contributed by atoms with E-state index in [1.807, 2.05) is 84.9 Å². The van der Waals surface area contributed by atoms with Crippen LogP contribution in [0.15, 0.2) is 206 Å². The molecule has 5 nitrogen and oxygen atoms in total. The van der Waals surface area contributed by atoms with E-state index in [1.165, 1.54) is 11.1 Å². The van der Waals surface area contributed by atoms with Crippen molar-refractivity contribution >= 4 is 40.1 Å². The molecule has 0 aliphatic rings. The molecular weight excluding hydrogens is 1060 g/mol. The van der Waals surface area contributed by atoms with Gasteiger partial charge in [-0.1, -0.05) is 120 Å². The molecule has 0 unspecified atom stereocenters. The number of hydrogen-bond acceptors (Lipinski definition) is 5.